The first-order valence-corrected chi connectivity index (χ1v) is 8.90. The van der Waals surface area contributed by atoms with E-state index < -0.39 is 0 Å². The third-order valence-electron chi connectivity index (χ3n) is 4.76. The van der Waals surface area contributed by atoms with Gasteiger partial charge in [0.1, 0.15) is 0 Å². The standard InChI is InChI=1S/C21H20N4O2/c1-3-25-18-9-8-13(2)10-16(18)20(21(25)27)24-23-19(26)11-14-12-22-17-7-5-4-6-15(14)17/h4-10,12,22,27H,3,11H2,1-2H3. The van der Waals surface area contributed by atoms with Crippen LogP contribution in [0.1, 0.15) is 18.1 Å². The molecule has 6 nitrogen and oxygen atoms in total. The van der Waals surface area contributed by atoms with Gasteiger partial charge in [0.15, 0.2) is 5.69 Å². The Morgan fingerprint density at radius 3 is 2.81 bits per heavy atom. The Hall–Kier alpha value is -3.41. The molecule has 0 spiro atoms. The molecule has 136 valence electrons. The molecule has 0 radical (unpaired) electrons. The number of fused-ring (bicyclic) bond motifs is 2. The first kappa shape index (κ1) is 17.0. The minimum atomic E-state index is -0.357. The lowest BCUT2D eigenvalue weighted by Gasteiger charge is -2.01. The molecule has 6 heteroatoms. The zero-order valence-electron chi connectivity index (χ0n) is 15.2. The van der Waals surface area contributed by atoms with Gasteiger partial charge in [-0.25, -0.2) is 0 Å². The van der Waals surface area contributed by atoms with Gasteiger partial charge in [-0.05, 0) is 37.6 Å². The predicted octanol–water partition coefficient (Wildman–Crippen LogP) is 5.01. The van der Waals surface area contributed by atoms with Crippen molar-refractivity contribution in [2.75, 3.05) is 0 Å². The molecule has 0 unspecified atom stereocenters. The molecule has 2 aromatic heterocycles. The fraction of sp³-hybridized carbons (Fsp3) is 0.190. The summed E-state index contributed by atoms with van der Waals surface area (Å²) >= 11 is 0. The smallest absolute Gasteiger partial charge is 0.269 e. The predicted molar refractivity (Wildman–Crippen MR) is 106 cm³/mol. The summed E-state index contributed by atoms with van der Waals surface area (Å²) < 4.78 is 1.76. The number of benzene rings is 2. The van der Waals surface area contributed by atoms with Crippen molar-refractivity contribution < 1.29 is 9.90 Å². The Balaban J connectivity index is 1.65. The first-order chi connectivity index (χ1) is 13.1. The molecule has 2 aromatic carbocycles. The number of hydrogen-bond acceptors (Lipinski definition) is 3. The number of carbonyl (C=O) groups excluding carboxylic acids is 1. The molecule has 0 bridgehead atoms. The molecular formula is C21H20N4O2. The maximum absolute atomic E-state index is 12.4. The van der Waals surface area contributed by atoms with E-state index in [1.54, 1.807) is 4.57 Å². The lowest BCUT2D eigenvalue weighted by Crippen LogP contribution is -1.97. The third kappa shape index (κ3) is 2.99. The molecule has 0 saturated carbocycles. The van der Waals surface area contributed by atoms with Crippen LogP contribution in [-0.2, 0) is 17.8 Å². The van der Waals surface area contributed by atoms with E-state index in [-0.39, 0.29) is 18.2 Å². The lowest BCUT2D eigenvalue weighted by atomic mass is 10.1. The summed E-state index contributed by atoms with van der Waals surface area (Å²) in [5.41, 5.74) is 4.13. The number of carbonyl (C=O) groups is 1. The normalized spacial score (nSPS) is 11.8. The zero-order chi connectivity index (χ0) is 19.0. The second-order valence-corrected chi connectivity index (χ2v) is 6.57. The minimum absolute atomic E-state index is 0.0294. The van der Waals surface area contributed by atoms with Gasteiger partial charge in [-0.1, -0.05) is 29.8 Å². The first-order valence-electron chi connectivity index (χ1n) is 8.90. The number of rotatable bonds is 4. The Morgan fingerprint density at radius 1 is 1.19 bits per heavy atom. The SMILES string of the molecule is CCn1c(O)c(N=NC(=O)Cc2c[nH]c3ccccc23)c2cc(C)ccc21. The molecule has 0 saturated heterocycles. The van der Waals surface area contributed by atoms with Crippen LogP contribution in [0.5, 0.6) is 5.88 Å². The molecule has 4 rings (SSSR count). The summed E-state index contributed by atoms with van der Waals surface area (Å²) in [5, 5.41) is 20.3. The highest BCUT2D eigenvalue weighted by atomic mass is 16.3. The Bertz CT molecular complexity index is 1180. The topological polar surface area (TPSA) is 82.7 Å². The molecule has 4 aromatic rings. The highest BCUT2D eigenvalue weighted by Crippen LogP contribution is 2.39. The van der Waals surface area contributed by atoms with E-state index in [0.717, 1.165) is 32.9 Å². The van der Waals surface area contributed by atoms with Crippen LogP contribution in [0.25, 0.3) is 21.8 Å². The molecule has 1 amide bonds. The molecule has 0 fully saturated rings. The Morgan fingerprint density at radius 2 is 2.00 bits per heavy atom. The molecule has 0 aliphatic heterocycles. The van der Waals surface area contributed by atoms with Crippen molar-refractivity contribution in [2.45, 2.75) is 26.8 Å². The van der Waals surface area contributed by atoms with Gasteiger partial charge in [0.25, 0.3) is 5.91 Å². The quantitative estimate of drug-likeness (QED) is 0.502. The Labute approximate surface area is 156 Å². The summed E-state index contributed by atoms with van der Waals surface area (Å²) in [6, 6.07) is 13.7. The number of amides is 1. The maximum Gasteiger partial charge on any atom is 0.269 e. The van der Waals surface area contributed by atoms with Crippen molar-refractivity contribution >= 4 is 33.4 Å². The summed E-state index contributed by atoms with van der Waals surface area (Å²) in [5.74, 6) is -0.328. The van der Waals surface area contributed by atoms with Crippen LogP contribution in [0, 0.1) is 6.92 Å². The van der Waals surface area contributed by atoms with Gasteiger partial charge in [0.2, 0.25) is 5.88 Å². The van der Waals surface area contributed by atoms with Gasteiger partial charge >= 0.3 is 0 Å². The number of nitrogens with zero attached hydrogens (tertiary/aromatic N) is 3. The number of aromatic nitrogens is 2. The van der Waals surface area contributed by atoms with Crippen LogP contribution >= 0.6 is 0 Å². The summed E-state index contributed by atoms with van der Waals surface area (Å²) in [4.78, 5) is 15.5. The van der Waals surface area contributed by atoms with Gasteiger partial charge in [-0.2, -0.15) is 0 Å². The number of aryl methyl sites for hydroxylation is 2. The van der Waals surface area contributed by atoms with Crippen LogP contribution in [-0.4, -0.2) is 20.6 Å². The van der Waals surface area contributed by atoms with E-state index in [4.69, 9.17) is 0 Å². The number of hydrogen-bond donors (Lipinski definition) is 2. The fourth-order valence-electron chi connectivity index (χ4n) is 3.44. The highest BCUT2D eigenvalue weighted by Gasteiger charge is 2.16. The lowest BCUT2D eigenvalue weighted by molar-refractivity contribution is -0.117. The Kier molecular flexibility index (Phi) is 4.24. The summed E-state index contributed by atoms with van der Waals surface area (Å²) in [7, 11) is 0. The number of H-pyrrole nitrogens is 1. The van der Waals surface area contributed by atoms with E-state index in [2.05, 4.69) is 15.2 Å². The second-order valence-electron chi connectivity index (χ2n) is 6.57. The van der Waals surface area contributed by atoms with Gasteiger partial charge in [0.05, 0.1) is 11.9 Å². The third-order valence-corrected chi connectivity index (χ3v) is 4.76. The van der Waals surface area contributed by atoms with Crippen LogP contribution < -0.4 is 0 Å². The van der Waals surface area contributed by atoms with Crippen molar-refractivity contribution in [3.8, 4) is 5.88 Å². The molecule has 2 N–H and O–H groups in total. The summed E-state index contributed by atoms with van der Waals surface area (Å²) in [6.45, 7) is 4.52. The minimum Gasteiger partial charge on any atom is -0.493 e. The van der Waals surface area contributed by atoms with Crippen LogP contribution in [0.2, 0.25) is 0 Å². The average molecular weight is 360 g/mol. The molecule has 0 aliphatic carbocycles. The van der Waals surface area contributed by atoms with Crippen LogP contribution in [0.4, 0.5) is 5.69 Å². The van der Waals surface area contributed by atoms with Gasteiger partial charge in [0, 0.05) is 29.0 Å². The molecular weight excluding hydrogens is 340 g/mol. The average Bonchev–Trinajstić information content (AvgIpc) is 3.18. The number of nitrogens with one attached hydrogen (secondary N) is 1. The molecule has 27 heavy (non-hydrogen) atoms. The van der Waals surface area contributed by atoms with Gasteiger partial charge in [-0.3, -0.25) is 4.79 Å². The van der Waals surface area contributed by atoms with Gasteiger partial charge < -0.3 is 14.7 Å². The van der Waals surface area contributed by atoms with Crippen molar-refractivity contribution in [1.29, 1.82) is 0 Å². The fourth-order valence-corrected chi connectivity index (χ4v) is 3.44. The zero-order valence-corrected chi connectivity index (χ0v) is 15.2. The number of aromatic hydroxyl groups is 1. The van der Waals surface area contributed by atoms with Crippen molar-refractivity contribution in [2.24, 2.45) is 10.2 Å². The second kappa shape index (κ2) is 6.72. The van der Waals surface area contributed by atoms with Crippen molar-refractivity contribution in [3.63, 3.8) is 0 Å². The van der Waals surface area contributed by atoms with E-state index in [1.165, 1.54) is 0 Å². The number of para-hydroxylation sites is 1. The highest BCUT2D eigenvalue weighted by molar-refractivity contribution is 5.96. The van der Waals surface area contributed by atoms with E-state index in [9.17, 15) is 9.90 Å². The van der Waals surface area contributed by atoms with Crippen LogP contribution in [0.3, 0.4) is 0 Å². The number of azo groups is 1. The monoisotopic (exact) mass is 360 g/mol. The van der Waals surface area contributed by atoms with Crippen molar-refractivity contribution in [3.05, 3.63) is 59.8 Å². The summed E-state index contributed by atoms with van der Waals surface area (Å²) in [6.07, 6.45) is 1.97. The molecule has 0 atom stereocenters. The number of aromatic amines is 1. The maximum atomic E-state index is 12.4. The van der Waals surface area contributed by atoms with E-state index >= 15 is 0 Å². The van der Waals surface area contributed by atoms with E-state index in [0.29, 0.717) is 12.2 Å². The molecule has 2 heterocycles. The van der Waals surface area contributed by atoms with Crippen molar-refractivity contribution in [1.82, 2.24) is 9.55 Å². The van der Waals surface area contributed by atoms with Gasteiger partial charge in [-0.15, -0.1) is 10.2 Å². The van der Waals surface area contributed by atoms with Crippen LogP contribution in [0.15, 0.2) is 58.9 Å². The van der Waals surface area contributed by atoms with E-state index in [1.807, 2.05) is 62.5 Å². The largest absolute Gasteiger partial charge is 0.493 e. The molecule has 0 aliphatic rings.